The standard InChI is InChI=1S/C30H39O3S.C2HF3O2/c1-4-7-20-31-25-23-28(32-21-8-5-2)30(29(24-25)33-22-9-6-3)34(26-16-12-10-13-17-26)27-18-14-11-15-19-27;3-2(4,5)1(6)7/h10-19,23-24H,4-9,20-22H2,1-3H3;(H,6,7)/q+1;/p-1. The van der Waals surface area contributed by atoms with E-state index in [1.165, 1.54) is 9.79 Å². The Morgan fingerprint density at radius 1 is 0.707 bits per heavy atom. The molecule has 0 aromatic heterocycles. The maximum atomic E-state index is 10.5. The van der Waals surface area contributed by atoms with E-state index < -0.39 is 12.1 Å². The Morgan fingerprint density at radius 3 is 1.41 bits per heavy atom. The molecule has 0 saturated carbocycles. The number of carboxylic acids is 1. The molecule has 5 nitrogen and oxygen atoms in total. The first-order valence-electron chi connectivity index (χ1n) is 13.9. The molecule has 0 N–H and O–H groups in total. The van der Waals surface area contributed by atoms with E-state index in [2.05, 4.69) is 93.6 Å². The van der Waals surface area contributed by atoms with Crippen molar-refractivity contribution in [1.82, 2.24) is 0 Å². The van der Waals surface area contributed by atoms with E-state index in [4.69, 9.17) is 24.1 Å². The Kier molecular flexibility index (Phi) is 15.0. The summed E-state index contributed by atoms with van der Waals surface area (Å²) in [6, 6.07) is 25.5. The zero-order valence-electron chi connectivity index (χ0n) is 23.9. The summed E-state index contributed by atoms with van der Waals surface area (Å²) < 4.78 is 50.6. The molecule has 9 heteroatoms. The summed E-state index contributed by atoms with van der Waals surface area (Å²) in [4.78, 5) is 12.4. The van der Waals surface area contributed by atoms with Crippen molar-refractivity contribution in [2.24, 2.45) is 0 Å². The fourth-order valence-corrected chi connectivity index (χ4v) is 5.76. The minimum atomic E-state index is -5.19. The van der Waals surface area contributed by atoms with Gasteiger partial charge in [-0.3, -0.25) is 0 Å². The molecule has 0 atom stereocenters. The van der Waals surface area contributed by atoms with Gasteiger partial charge in [0, 0.05) is 12.1 Å². The van der Waals surface area contributed by atoms with Crippen molar-refractivity contribution in [1.29, 1.82) is 0 Å². The number of carbonyl (C=O) groups is 1. The molecule has 41 heavy (non-hydrogen) atoms. The van der Waals surface area contributed by atoms with Gasteiger partial charge in [-0.2, -0.15) is 13.2 Å². The maximum Gasteiger partial charge on any atom is 0.430 e. The summed E-state index contributed by atoms with van der Waals surface area (Å²) >= 11 is 0. The Balaban J connectivity index is 0.000000745. The summed E-state index contributed by atoms with van der Waals surface area (Å²) in [5.41, 5.74) is 0. The molecule has 0 heterocycles. The maximum absolute atomic E-state index is 10.5. The number of hydrogen-bond acceptors (Lipinski definition) is 5. The number of carboxylic acid groups (broad SMARTS) is 1. The van der Waals surface area contributed by atoms with Gasteiger partial charge in [-0.25, -0.2) is 0 Å². The molecule has 0 saturated heterocycles. The SMILES string of the molecule is CCCCOc1cc(OCCCC)c([S+](c2ccccc2)c2ccccc2)c(OCCCC)c1.O=C([O-])C(F)(F)F. The van der Waals surface area contributed by atoms with Crippen molar-refractivity contribution in [2.45, 2.75) is 80.2 Å². The van der Waals surface area contributed by atoms with Gasteiger partial charge in [0.05, 0.1) is 19.8 Å². The molecule has 3 aromatic rings. The molecule has 0 aliphatic rings. The van der Waals surface area contributed by atoms with Gasteiger partial charge in [0.15, 0.2) is 21.3 Å². The first-order chi connectivity index (χ1) is 19.7. The number of halogens is 3. The Labute approximate surface area is 244 Å². The fraction of sp³-hybridized carbons (Fsp3) is 0.406. The molecule has 0 fully saturated rings. The normalized spacial score (nSPS) is 11.0. The predicted octanol–water partition coefficient (Wildman–Crippen LogP) is 7.62. The van der Waals surface area contributed by atoms with E-state index in [0.29, 0.717) is 19.8 Å². The second kappa shape index (κ2) is 18.2. The molecule has 0 spiro atoms. The van der Waals surface area contributed by atoms with E-state index in [0.717, 1.165) is 60.7 Å². The van der Waals surface area contributed by atoms with Gasteiger partial charge in [-0.15, -0.1) is 0 Å². The van der Waals surface area contributed by atoms with E-state index >= 15 is 0 Å². The monoisotopic (exact) mass is 592 g/mol. The largest absolute Gasteiger partial charge is 0.542 e. The average molecular weight is 593 g/mol. The molecular weight excluding hydrogens is 553 g/mol. The van der Waals surface area contributed by atoms with Crippen LogP contribution in [-0.4, -0.2) is 32.0 Å². The molecule has 0 amide bonds. The van der Waals surface area contributed by atoms with Crippen molar-refractivity contribution < 1.29 is 37.3 Å². The summed E-state index contributed by atoms with van der Waals surface area (Å²) in [7, 11) is -0.370. The van der Waals surface area contributed by atoms with Crippen LogP contribution in [0.4, 0.5) is 13.2 Å². The third-order valence-electron chi connectivity index (χ3n) is 5.67. The van der Waals surface area contributed by atoms with Crippen LogP contribution in [0.5, 0.6) is 17.2 Å². The van der Waals surface area contributed by atoms with Crippen LogP contribution in [0, 0.1) is 0 Å². The van der Waals surface area contributed by atoms with Crippen molar-refractivity contribution in [3.63, 3.8) is 0 Å². The molecule has 3 rings (SSSR count). The van der Waals surface area contributed by atoms with Crippen LogP contribution >= 0.6 is 0 Å². The zero-order chi connectivity index (χ0) is 30.1. The third kappa shape index (κ3) is 11.6. The van der Waals surface area contributed by atoms with E-state index in [-0.39, 0.29) is 10.9 Å². The Bertz CT molecular complexity index is 1090. The van der Waals surface area contributed by atoms with Crippen LogP contribution in [0.25, 0.3) is 0 Å². The smallest absolute Gasteiger partial charge is 0.430 e. The second-order valence-electron chi connectivity index (χ2n) is 9.07. The number of alkyl halides is 3. The summed E-state index contributed by atoms with van der Waals surface area (Å²) in [6.45, 7) is 8.60. The van der Waals surface area contributed by atoms with Gasteiger partial charge < -0.3 is 24.1 Å². The van der Waals surface area contributed by atoms with Crippen LogP contribution < -0.4 is 19.3 Å². The number of unbranched alkanes of at least 4 members (excludes halogenated alkanes) is 3. The molecule has 0 unspecified atom stereocenters. The van der Waals surface area contributed by atoms with E-state index in [9.17, 15) is 13.2 Å². The minimum Gasteiger partial charge on any atom is -0.542 e. The van der Waals surface area contributed by atoms with Gasteiger partial charge >= 0.3 is 6.18 Å². The summed E-state index contributed by atoms with van der Waals surface area (Å²) in [5.74, 6) is -0.456. The highest BCUT2D eigenvalue weighted by atomic mass is 32.2. The number of carbonyl (C=O) groups excluding carboxylic acids is 1. The molecule has 224 valence electrons. The first kappa shape index (κ1) is 33.9. The zero-order valence-corrected chi connectivity index (χ0v) is 24.7. The quantitative estimate of drug-likeness (QED) is 0.134. The number of hydrogen-bond donors (Lipinski definition) is 0. The van der Waals surface area contributed by atoms with Gasteiger partial charge in [0.1, 0.15) is 22.6 Å². The van der Waals surface area contributed by atoms with Crippen molar-refractivity contribution in [2.75, 3.05) is 19.8 Å². The van der Waals surface area contributed by atoms with Gasteiger partial charge in [0.25, 0.3) is 0 Å². The average Bonchev–Trinajstić information content (AvgIpc) is 2.96. The molecular formula is C32H39F3O5S. The number of aliphatic carboxylic acids is 1. The Hall–Kier alpha value is -3.33. The fourth-order valence-electron chi connectivity index (χ4n) is 3.52. The van der Waals surface area contributed by atoms with Crippen molar-refractivity contribution in [3.05, 3.63) is 72.8 Å². The highest BCUT2D eigenvalue weighted by Crippen LogP contribution is 2.45. The number of rotatable bonds is 15. The van der Waals surface area contributed by atoms with Crippen LogP contribution in [0.15, 0.2) is 87.5 Å². The Morgan fingerprint density at radius 2 is 1.07 bits per heavy atom. The third-order valence-corrected chi connectivity index (χ3v) is 7.96. The molecule has 0 aliphatic carbocycles. The van der Waals surface area contributed by atoms with Crippen LogP contribution in [0.1, 0.15) is 59.3 Å². The minimum absolute atomic E-state index is 0.370. The lowest BCUT2D eigenvalue weighted by molar-refractivity contribution is -0.344. The van der Waals surface area contributed by atoms with Crippen LogP contribution in [0.2, 0.25) is 0 Å². The van der Waals surface area contributed by atoms with E-state index in [1.54, 1.807) is 0 Å². The lowest BCUT2D eigenvalue weighted by atomic mass is 10.2. The number of ether oxygens (including phenoxy) is 3. The van der Waals surface area contributed by atoms with Crippen LogP contribution in [-0.2, 0) is 15.7 Å². The van der Waals surface area contributed by atoms with Gasteiger partial charge in [-0.05, 0) is 43.5 Å². The van der Waals surface area contributed by atoms with Crippen molar-refractivity contribution in [3.8, 4) is 17.2 Å². The van der Waals surface area contributed by atoms with Crippen LogP contribution in [0.3, 0.4) is 0 Å². The topological polar surface area (TPSA) is 67.8 Å². The van der Waals surface area contributed by atoms with Crippen molar-refractivity contribution >= 4 is 16.9 Å². The lowest BCUT2D eigenvalue weighted by Gasteiger charge is -2.18. The van der Waals surface area contributed by atoms with Gasteiger partial charge in [-0.1, -0.05) is 76.4 Å². The molecule has 0 aliphatic heterocycles. The summed E-state index contributed by atoms with van der Waals surface area (Å²) in [6.07, 6.45) is 1.13. The second-order valence-corrected chi connectivity index (χ2v) is 11.0. The molecule has 0 bridgehead atoms. The highest BCUT2D eigenvalue weighted by Gasteiger charge is 2.37. The van der Waals surface area contributed by atoms with E-state index in [1.807, 2.05) is 0 Å². The number of benzene rings is 3. The molecule has 0 radical (unpaired) electrons. The molecule has 3 aromatic carbocycles. The predicted molar refractivity (Wildman–Crippen MR) is 154 cm³/mol. The summed E-state index contributed by atoms with van der Waals surface area (Å²) in [5, 5.41) is 8.78. The first-order valence-corrected chi connectivity index (χ1v) is 15.1. The highest BCUT2D eigenvalue weighted by molar-refractivity contribution is 7.97. The van der Waals surface area contributed by atoms with Gasteiger partial charge in [0.2, 0.25) is 4.90 Å². The lowest BCUT2D eigenvalue weighted by Crippen LogP contribution is -2.37.